The van der Waals surface area contributed by atoms with Crippen LogP contribution in [0.1, 0.15) is 51.4 Å². The molecule has 0 aromatic heterocycles. The molecule has 2 saturated carbocycles. The van der Waals surface area contributed by atoms with Gasteiger partial charge in [0.2, 0.25) is 5.91 Å². The normalized spacial score (nSPS) is 50.1. The minimum Gasteiger partial charge on any atom is -0.373 e. The molecule has 0 aromatic carbocycles. The van der Waals surface area contributed by atoms with Crippen molar-refractivity contribution in [2.75, 3.05) is 0 Å². The van der Waals surface area contributed by atoms with Crippen LogP contribution >= 0.6 is 0 Å². The Labute approximate surface area is 120 Å². The minimum absolute atomic E-state index is 0.198. The van der Waals surface area contributed by atoms with Crippen molar-refractivity contribution < 1.29 is 9.53 Å². The summed E-state index contributed by atoms with van der Waals surface area (Å²) >= 11 is 0. The molecule has 2 saturated heterocycles. The highest BCUT2D eigenvalue weighted by Gasteiger charge is 2.44. The number of nitrogens with one attached hydrogen (secondary N) is 1. The summed E-state index contributed by atoms with van der Waals surface area (Å²) in [5, 5.41) is 3.28. The van der Waals surface area contributed by atoms with Gasteiger partial charge in [0.1, 0.15) is 0 Å². The van der Waals surface area contributed by atoms with E-state index in [0.29, 0.717) is 24.0 Å². The minimum atomic E-state index is 0.198. The monoisotopic (exact) mass is 278 g/mol. The third-order valence-electron chi connectivity index (χ3n) is 6.22. The van der Waals surface area contributed by atoms with Gasteiger partial charge in [-0.3, -0.25) is 4.79 Å². The number of carbonyl (C=O) groups excluding carboxylic acids is 1. The van der Waals surface area contributed by atoms with E-state index in [0.717, 1.165) is 25.7 Å². The highest BCUT2D eigenvalue weighted by atomic mass is 16.5. The summed E-state index contributed by atoms with van der Waals surface area (Å²) in [5.74, 6) is 1.63. The second-order valence-corrected chi connectivity index (χ2v) is 7.42. The number of nitrogens with two attached hydrogens (primary N) is 1. The van der Waals surface area contributed by atoms with E-state index in [4.69, 9.17) is 10.5 Å². The summed E-state index contributed by atoms with van der Waals surface area (Å²) in [7, 11) is 0. The standard InChI is InChI=1S/C16H26N2O2/c17-15-9-2-1-3-10(15)7-11(6-9)16(19)18-13-8-12-4-5-14(13)20-12/h9-15H,1-8,17H2,(H,18,19)/t9?,10?,11?,12-,13-,14+,15?/m1/s1. The first-order chi connectivity index (χ1) is 9.70. The number of rotatable bonds is 2. The Hall–Kier alpha value is -0.610. The van der Waals surface area contributed by atoms with Crippen molar-refractivity contribution in [3.05, 3.63) is 0 Å². The van der Waals surface area contributed by atoms with E-state index in [1.165, 1.54) is 25.7 Å². The first kappa shape index (κ1) is 13.1. The molecule has 2 aliphatic carbocycles. The summed E-state index contributed by atoms with van der Waals surface area (Å²) < 4.78 is 5.83. The van der Waals surface area contributed by atoms with E-state index < -0.39 is 0 Å². The number of hydrogen-bond acceptors (Lipinski definition) is 3. The van der Waals surface area contributed by atoms with E-state index in [1.54, 1.807) is 0 Å². The van der Waals surface area contributed by atoms with E-state index in [9.17, 15) is 4.79 Å². The molecule has 2 heterocycles. The molecule has 4 fully saturated rings. The number of amides is 1. The van der Waals surface area contributed by atoms with E-state index >= 15 is 0 Å². The highest BCUT2D eigenvalue weighted by molar-refractivity contribution is 5.79. The van der Waals surface area contributed by atoms with Gasteiger partial charge in [-0.1, -0.05) is 6.42 Å². The Morgan fingerprint density at radius 1 is 1.05 bits per heavy atom. The van der Waals surface area contributed by atoms with Crippen molar-refractivity contribution in [3.8, 4) is 0 Å². The van der Waals surface area contributed by atoms with E-state index in [-0.39, 0.29) is 24.0 Å². The van der Waals surface area contributed by atoms with Crippen LogP contribution in [0.25, 0.3) is 0 Å². The molecule has 112 valence electrons. The largest absolute Gasteiger partial charge is 0.373 e. The third kappa shape index (κ3) is 2.17. The summed E-state index contributed by atoms with van der Waals surface area (Å²) in [5.41, 5.74) is 6.31. The number of fused-ring (bicyclic) bond motifs is 4. The molecule has 0 radical (unpaired) electrons. The molecule has 4 aliphatic rings. The van der Waals surface area contributed by atoms with Crippen molar-refractivity contribution in [3.63, 3.8) is 0 Å². The first-order valence-electron chi connectivity index (χ1n) is 8.42. The molecular weight excluding hydrogens is 252 g/mol. The van der Waals surface area contributed by atoms with Gasteiger partial charge in [0, 0.05) is 12.0 Å². The summed E-state index contributed by atoms with van der Waals surface area (Å²) in [6.07, 6.45) is 9.77. The second-order valence-electron chi connectivity index (χ2n) is 7.42. The van der Waals surface area contributed by atoms with Crippen LogP contribution in [0.2, 0.25) is 0 Å². The highest BCUT2D eigenvalue weighted by Crippen LogP contribution is 2.42. The van der Waals surface area contributed by atoms with Gasteiger partial charge in [0.05, 0.1) is 18.2 Å². The van der Waals surface area contributed by atoms with Crippen LogP contribution in [0.5, 0.6) is 0 Å². The van der Waals surface area contributed by atoms with Gasteiger partial charge in [-0.15, -0.1) is 0 Å². The lowest BCUT2D eigenvalue weighted by Crippen LogP contribution is -2.51. The maximum Gasteiger partial charge on any atom is 0.223 e. The Morgan fingerprint density at radius 2 is 1.80 bits per heavy atom. The Balaban J connectivity index is 1.37. The maximum atomic E-state index is 12.6. The molecule has 0 aromatic rings. The van der Waals surface area contributed by atoms with Gasteiger partial charge < -0.3 is 15.8 Å². The molecule has 20 heavy (non-hydrogen) atoms. The van der Waals surface area contributed by atoms with Gasteiger partial charge in [-0.2, -0.15) is 0 Å². The SMILES string of the molecule is NC1C2CCCC1CC(C(=O)N[C@@H]1C[C@H]3CC[C@@H]1O3)C2. The zero-order valence-electron chi connectivity index (χ0n) is 12.1. The van der Waals surface area contributed by atoms with Crippen LogP contribution in [-0.2, 0) is 9.53 Å². The third-order valence-corrected chi connectivity index (χ3v) is 6.22. The molecule has 1 amide bonds. The lowest BCUT2D eigenvalue weighted by Gasteiger charge is -2.43. The van der Waals surface area contributed by atoms with Gasteiger partial charge in [-0.25, -0.2) is 0 Å². The lowest BCUT2D eigenvalue weighted by atomic mass is 9.65. The van der Waals surface area contributed by atoms with Crippen LogP contribution in [0.3, 0.4) is 0 Å². The fourth-order valence-electron chi connectivity index (χ4n) is 5.09. The molecule has 4 bridgehead atoms. The molecule has 5 atom stereocenters. The number of hydrogen-bond donors (Lipinski definition) is 2. The van der Waals surface area contributed by atoms with Crippen LogP contribution in [-0.4, -0.2) is 30.2 Å². The Bertz CT molecular complexity index is 386. The molecule has 4 heteroatoms. The molecular formula is C16H26N2O2. The van der Waals surface area contributed by atoms with Crippen LogP contribution in [0, 0.1) is 17.8 Å². The fourth-order valence-corrected chi connectivity index (χ4v) is 5.09. The topological polar surface area (TPSA) is 64.4 Å². The van der Waals surface area contributed by atoms with E-state index in [1.807, 2.05) is 0 Å². The van der Waals surface area contributed by atoms with Gasteiger partial charge in [0.15, 0.2) is 0 Å². The number of carbonyl (C=O) groups is 1. The van der Waals surface area contributed by atoms with Crippen molar-refractivity contribution >= 4 is 5.91 Å². The van der Waals surface area contributed by atoms with Crippen molar-refractivity contribution in [2.24, 2.45) is 23.5 Å². The summed E-state index contributed by atoms with van der Waals surface area (Å²) in [4.78, 5) is 12.6. The van der Waals surface area contributed by atoms with Gasteiger partial charge in [-0.05, 0) is 56.8 Å². The van der Waals surface area contributed by atoms with Crippen LogP contribution < -0.4 is 11.1 Å². The van der Waals surface area contributed by atoms with E-state index in [2.05, 4.69) is 5.32 Å². The van der Waals surface area contributed by atoms with Crippen molar-refractivity contribution in [1.82, 2.24) is 5.32 Å². The summed E-state index contributed by atoms with van der Waals surface area (Å²) in [6.45, 7) is 0. The first-order valence-corrected chi connectivity index (χ1v) is 8.42. The zero-order chi connectivity index (χ0) is 13.7. The fraction of sp³-hybridized carbons (Fsp3) is 0.938. The lowest BCUT2D eigenvalue weighted by molar-refractivity contribution is -0.129. The van der Waals surface area contributed by atoms with Crippen molar-refractivity contribution in [1.29, 1.82) is 0 Å². The average molecular weight is 278 g/mol. The van der Waals surface area contributed by atoms with Crippen LogP contribution in [0.4, 0.5) is 0 Å². The predicted octanol–water partition coefficient (Wildman–Crippen LogP) is 1.58. The molecule has 4 rings (SSSR count). The average Bonchev–Trinajstić information content (AvgIpc) is 3.00. The Kier molecular flexibility index (Phi) is 3.26. The smallest absolute Gasteiger partial charge is 0.223 e. The van der Waals surface area contributed by atoms with Crippen LogP contribution in [0.15, 0.2) is 0 Å². The predicted molar refractivity (Wildman–Crippen MR) is 76.0 cm³/mol. The molecule has 2 aliphatic heterocycles. The zero-order valence-corrected chi connectivity index (χ0v) is 12.1. The quantitative estimate of drug-likeness (QED) is 0.806. The van der Waals surface area contributed by atoms with Gasteiger partial charge >= 0.3 is 0 Å². The number of ether oxygens (including phenoxy) is 1. The molecule has 0 spiro atoms. The maximum absolute atomic E-state index is 12.6. The second kappa shape index (κ2) is 4.99. The molecule has 4 nitrogen and oxygen atoms in total. The van der Waals surface area contributed by atoms with Gasteiger partial charge in [0.25, 0.3) is 0 Å². The molecule has 2 unspecified atom stereocenters. The summed E-state index contributed by atoms with van der Waals surface area (Å²) in [6, 6.07) is 0.621. The van der Waals surface area contributed by atoms with Crippen molar-refractivity contribution in [2.45, 2.75) is 75.7 Å². The Morgan fingerprint density at radius 3 is 2.40 bits per heavy atom. The molecule has 3 N–H and O–H groups in total.